The number of rotatable bonds is 3. The number of nitrogens with one attached hydrogen (secondary N) is 1. The monoisotopic (exact) mass is 273 g/mol. The predicted octanol–water partition coefficient (Wildman–Crippen LogP) is 2.44. The predicted molar refractivity (Wildman–Crippen MR) is 78.6 cm³/mol. The highest BCUT2D eigenvalue weighted by atomic mass is 16.3. The maximum absolute atomic E-state index is 12.5. The average molecular weight is 273 g/mol. The van der Waals surface area contributed by atoms with Crippen molar-refractivity contribution in [1.82, 2.24) is 5.32 Å². The standard InChI is InChI=1S/C17H23NO2/c1-10-5-11(2)7-14(6-10)17(20)18-16-13-4-3-12(8-13)15(16)9-19/h5-7,12-13,15-16,19H,3-4,8-9H2,1-2H3,(H,18,20). The molecule has 0 saturated heterocycles. The Labute approximate surface area is 120 Å². The zero-order valence-electron chi connectivity index (χ0n) is 12.2. The fraction of sp³-hybridized carbons (Fsp3) is 0.588. The molecular weight excluding hydrogens is 250 g/mol. The molecule has 1 amide bonds. The number of fused-ring (bicyclic) bond motifs is 2. The van der Waals surface area contributed by atoms with Crippen molar-refractivity contribution in [3.8, 4) is 0 Å². The third kappa shape index (κ3) is 2.35. The summed E-state index contributed by atoms with van der Waals surface area (Å²) in [6, 6.07) is 6.10. The Kier molecular flexibility index (Phi) is 3.55. The van der Waals surface area contributed by atoms with E-state index in [1.165, 1.54) is 19.3 Å². The van der Waals surface area contributed by atoms with Gasteiger partial charge in [-0.1, -0.05) is 17.2 Å². The van der Waals surface area contributed by atoms with Crippen LogP contribution in [0.3, 0.4) is 0 Å². The lowest BCUT2D eigenvalue weighted by Crippen LogP contribution is -2.45. The van der Waals surface area contributed by atoms with Crippen molar-refractivity contribution in [2.24, 2.45) is 17.8 Å². The van der Waals surface area contributed by atoms with Crippen LogP contribution in [0.5, 0.6) is 0 Å². The Balaban J connectivity index is 1.75. The molecule has 4 unspecified atom stereocenters. The molecule has 108 valence electrons. The summed E-state index contributed by atoms with van der Waals surface area (Å²) < 4.78 is 0. The first kappa shape index (κ1) is 13.6. The zero-order valence-corrected chi connectivity index (χ0v) is 12.2. The number of aliphatic hydroxyl groups excluding tert-OH is 1. The minimum Gasteiger partial charge on any atom is -0.396 e. The Morgan fingerprint density at radius 1 is 1.20 bits per heavy atom. The molecule has 1 aromatic rings. The summed E-state index contributed by atoms with van der Waals surface area (Å²) in [5.41, 5.74) is 2.96. The summed E-state index contributed by atoms with van der Waals surface area (Å²) in [7, 11) is 0. The SMILES string of the molecule is Cc1cc(C)cc(C(=O)NC2C3CCC(C3)C2CO)c1. The van der Waals surface area contributed by atoms with Gasteiger partial charge in [0.05, 0.1) is 0 Å². The van der Waals surface area contributed by atoms with Crippen LogP contribution in [0.15, 0.2) is 18.2 Å². The van der Waals surface area contributed by atoms with Gasteiger partial charge < -0.3 is 10.4 Å². The largest absolute Gasteiger partial charge is 0.396 e. The van der Waals surface area contributed by atoms with Crippen molar-refractivity contribution in [3.05, 3.63) is 34.9 Å². The van der Waals surface area contributed by atoms with E-state index in [9.17, 15) is 9.90 Å². The van der Waals surface area contributed by atoms with Gasteiger partial charge >= 0.3 is 0 Å². The van der Waals surface area contributed by atoms with Crippen LogP contribution in [0.25, 0.3) is 0 Å². The lowest BCUT2D eigenvalue weighted by atomic mass is 9.85. The molecule has 3 nitrogen and oxygen atoms in total. The third-order valence-corrected chi connectivity index (χ3v) is 5.08. The summed E-state index contributed by atoms with van der Waals surface area (Å²) >= 11 is 0. The van der Waals surface area contributed by atoms with Crippen LogP contribution in [-0.4, -0.2) is 23.7 Å². The van der Waals surface area contributed by atoms with Crippen LogP contribution in [0.1, 0.15) is 40.7 Å². The number of carbonyl (C=O) groups is 1. The Morgan fingerprint density at radius 2 is 1.85 bits per heavy atom. The third-order valence-electron chi connectivity index (χ3n) is 5.08. The summed E-state index contributed by atoms with van der Waals surface area (Å²) in [6.45, 7) is 4.22. The van der Waals surface area contributed by atoms with Crippen LogP contribution in [0.2, 0.25) is 0 Å². The van der Waals surface area contributed by atoms with Crippen LogP contribution >= 0.6 is 0 Å². The number of carbonyl (C=O) groups excluding carboxylic acids is 1. The van der Waals surface area contributed by atoms with Gasteiger partial charge in [0.25, 0.3) is 5.91 Å². The van der Waals surface area contributed by atoms with Gasteiger partial charge in [-0.3, -0.25) is 4.79 Å². The molecule has 4 atom stereocenters. The van der Waals surface area contributed by atoms with Crippen LogP contribution in [0.4, 0.5) is 0 Å². The number of aliphatic hydroxyl groups is 1. The van der Waals surface area contributed by atoms with E-state index in [1.54, 1.807) is 0 Å². The Morgan fingerprint density at radius 3 is 2.50 bits per heavy atom. The molecule has 3 heteroatoms. The van der Waals surface area contributed by atoms with E-state index >= 15 is 0 Å². The van der Waals surface area contributed by atoms with Crippen molar-refractivity contribution in [1.29, 1.82) is 0 Å². The molecule has 0 heterocycles. The Bertz CT molecular complexity index is 505. The average Bonchev–Trinajstić information content (AvgIpc) is 2.98. The molecule has 2 saturated carbocycles. The molecule has 0 spiro atoms. The normalized spacial score (nSPS) is 31.6. The van der Waals surface area contributed by atoms with Gasteiger partial charge in [0.15, 0.2) is 0 Å². The quantitative estimate of drug-likeness (QED) is 0.888. The lowest BCUT2D eigenvalue weighted by Gasteiger charge is -2.30. The highest BCUT2D eigenvalue weighted by Gasteiger charge is 2.47. The molecule has 20 heavy (non-hydrogen) atoms. The van der Waals surface area contributed by atoms with E-state index in [0.717, 1.165) is 16.7 Å². The van der Waals surface area contributed by atoms with Crippen molar-refractivity contribution >= 4 is 5.91 Å². The van der Waals surface area contributed by atoms with Gasteiger partial charge in [-0.15, -0.1) is 0 Å². The van der Waals surface area contributed by atoms with Crippen molar-refractivity contribution in [3.63, 3.8) is 0 Å². The number of amides is 1. The van der Waals surface area contributed by atoms with E-state index in [-0.39, 0.29) is 24.5 Å². The second-order valence-corrected chi connectivity index (χ2v) is 6.56. The molecule has 2 bridgehead atoms. The molecule has 2 aliphatic carbocycles. The number of hydrogen-bond acceptors (Lipinski definition) is 2. The first-order chi connectivity index (χ1) is 9.58. The van der Waals surface area contributed by atoms with Crippen LogP contribution in [0, 0.1) is 31.6 Å². The first-order valence-electron chi connectivity index (χ1n) is 7.58. The maximum Gasteiger partial charge on any atom is 0.251 e. The van der Waals surface area contributed by atoms with Gasteiger partial charge in [0.2, 0.25) is 0 Å². The smallest absolute Gasteiger partial charge is 0.251 e. The van der Waals surface area contributed by atoms with Gasteiger partial charge in [-0.05, 0) is 57.1 Å². The zero-order chi connectivity index (χ0) is 14.3. The number of hydrogen-bond donors (Lipinski definition) is 2. The molecule has 2 N–H and O–H groups in total. The molecule has 1 aromatic carbocycles. The van der Waals surface area contributed by atoms with Crippen molar-refractivity contribution in [2.45, 2.75) is 39.2 Å². The van der Waals surface area contributed by atoms with E-state index < -0.39 is 0 Å². The molecule has 2 aliphatic rings. The van der Waals surface area contributed by atoms with Gasteiger partial charge in [-0.25, -0.2) is 0 Å². The number of aryl methyl sites for hydroxylation is 2. The summed E-state index contributed by atoms with van der Waals surface area (Å²) in [4.78, 5) is 12.5. The van der Waals surface area contributed by atoms with E-state index in [0.29, 0.717) is 11.8 Å². The van der Waals surface area contributed by atoms with Crippen LogP contribution < -0.4 is 5.32 Å². The maximum atomic E-state index is 12.5. The topological polar surface area (TPSA) is 49.3 Å². The fourth-order valence-electron chi connectivity index (χ4n) is 4.24. The molecule has 0 aliphatic heterocycles. The summed E-state index contributed by atoms with van der Waals surface area (Å²) in [5.74, 6) is 1.43. The fourth-order valence-corrected chi connectivity index (χ4v) is 4.24. The van der Waals surface area contributed by atoms with Gasteiger partial charge in [0, 0.05) is 24.1 Å². The van der Waals surface area contributed by atoms with E-state index in [1.807, 2.05) is 26.0 Å². The molecule has 3 rings (SSSR count). The highest BCUT2D eigenvalue weighted by Crippen LogP contribution is 2.48. The van der Waals surface area contributed by atoms with Gasteiger partial charge in [0.1, 0.15) is 0 Å². The molecule has 0 radical (unpaired) electrons. The summed E-state index contributed by atoms with van der Waals surface area (Å²) in [5, 5.41) is 12.8. The van der Waals surface area contributed by atoms with Crippen molar-refractivity contribution < 1.29 is 9.90 Å². The lowest BCUT2D eigenvalue weighted by molar-refractivity contribution is 0.0861. The molecular formula is C17H23NO2. The van der Waals surface area contributed by atoms with Crippen molar-refractivity contribution in [2.75, 3.05) is 6.61 Å². The minimum atomic E-state index is 0.00722. The van der Waals surface area contributed by atoms with E-state index in [4.69, 9.17) is 0 Å². The first-order valence-corrected chi connectivity index (χ1v) is 7.58. The molecule has 2 fully saturated rings. The summed E-state index contributed by atoms with van der Waals surface area (Å²) in [6.07, 6.45) is 3.58. The molecule has 0 aromatic heterocycles. The van der Waals surface area contributed by atoms with Crippen LogP contribution in [-0.2, 0) is 0 Å². The highest BCUT2D eigenvalue weighted by molar-refractivity contribution is 5.94. The Hall–Kier alpha value is -1.35. The number of benzene rings is 1. The van der Waals surface area contributed by atoms with Gasteiger partial charge in [-0.2, -0.15) is 0 Å². The van der Waals surface area contributed by atoms with E-state index in [2.05, 4.69) is 11.4 Å². The second kappa shape index (κ2) is 5.21. The minimum absolute atomic E-state index is 0.00722. The second-order valence-electron chi connectivity index (χ2n) is 6.56.